The van der Waals surface area contributed by atoms with Gasteiger partial charge in [0.05, 0.1) is 11.6 Å². The van der Waals surface area contributed by atoms with Crippen LogP contribution in [0.2, 0.25) is 0 Å². The Labute approximate surface area is 166 Å². The third-order valence-corrected chi connectivity index (χ3v) is 8.30. The predicted molar refractivity (Wildman–Crippen MR) is 112 cm³/mol. The van der Waals surface area contributed by atoms with Crippen LogP contribution in [0.3, 0.4) is 0 Å². The largest absolute Gasteiger partial charge is 0.192 e. The quantitative estimate of drug-likeness (QED) is 0.528. The van der Waals surface area contributed by atoms with E-state index in [-0.39, 0.29) is 0 Å². The standard InChI is InChI=1S/C26H37N/c27-19-22-9-13-24(14-10-22)26-17-15-25(16-18-26)23-11-7-21(8-12-23)6-5-20-3-1-2-4-20/h9-10,13-14,20-21,23,25-26H,1-8,11-12,15-18H2/t21-,23-,25-,26-. The molecule has 0 aromatic heterocycles. The normalized spacial score (nSPS) is 32.3. The highest BCUT2D eigenvalue weighted by molar-refractivity contribution is 5.33. The smallest absolute Gasteiger partial charge is 0.0991 e. The molecule has 1 aromatic rings. The van der Waals surface area contributed by atoms with Crippen LogP contribution >= 0.6 is 0 Å². The summed E-state index contributed by atoms with van der Waals surface area (Å²) in [7, 11) is 0. The van der Waals surface area contributed by atoms with Gasteiger partial charge in [0, 0.05) is 0 Å². The zero-order chi connectivity index (χ0) is 18.5. The average molecular weight is 364 g/mol. The Hall–Kier alpha value is -1.29. The topological polar surface area (TPSA) is 23.8 Å². The van der Waals surface area contributed by atoms with Crippen molar-refractivity contribution < 1.29 is 0 Å². The minimum absolute atomic E-state index is 0.733. The van der Waals surface area contributed by atoms with Crippen molar-refractivity contribution in [3.63, 3.8) is 0 Å². The number of nitrogens with zero attached hydrogens (tertiary/aromatic N) is 1. The monoisotopic (exact) mass is 363 g/mol. The van der Waals surface area contributed by atoms with Gasteiger partial charge in [-0.2, -0.15) is 5.26 Å². The molecule has 0 saturated heterocycles. The van der Waals surface area contributed by atoms with E-state index in [9.17, 15) is 0 Å². The lowest BCUT2D eigenvalue weighted by atomic mass is 9.68. The molecule has 0 amide bonds. The first-order chi connectivity index (χ1) is 13.3. The van der Waals surface area contributed by atoms with Crippen molar-refractivity contribution in [3.8, 4) is 6.07 Å². The summed E-state index contributed by atoms with van der Waals surface area (Å²) in [5, 5.41) is 8.98. The molecule has 1 heteroatoms. The Morgan fingerprint density at radius 2 is 1.19 bits per heavy atom. The molecule has 0 N–H and O–H groups in total. The van der Waals surface area contributed by atoms with Crippen LogP contribution in [-0.2, 0) is 0 Å². The number of rotatable bonds is 5. The number of benzene rings is 1. The Kier molecular flexibility index (Phi) is 6.54. The summed E-state index contributed by atoms with van der Waals surface area (Å²) < 4.78 is 0. The van der Waals surface area contributed by atoms with Crippen molar-refractivity contribution in [1.29, 1.82) is 5.26 Å². The van der Waals surface area contributed by atoms with Gasteiger partial charge in [0.25, 0.3) is 0 Å². The van der Waals surface area contributed by atoms with Crippen molar-refractivity contribution in [3.05, 3.63) is 35.4 Å². The lowest BCUT2D eigenvalue weighted by Crippen LogP contribution is -2.25. The first kappa shape index (κ1) is 19.0. The third kappa shape index (κ3) is 4.96. The first-order valence-corrected chi connectivity index (χ1v) is 11.8. The highest BCUT2D eigenvalue weighted by Crippen LogP contribution is 2.45. The molecule has 0 unspecified atom stereocenters. The van der Waals surface area contributed by atoms with Gasteiger partial charge in [0.1, 0.15) is 0 Å². The molecule has 0 atom stereocenters. The summed E-state index contributed by atoms with van der Waals surface area (Å²) in [4.78, 5) is 0. The van der Waals surface area contributed by atoms with E-state index >= 15 is 0 Å². The van der Waals surface area contributed by atoms with Crippen molar-refractivity contribution >= 4 is 0 Å². The minimum atomic E-state index is 0.733. The molecule has 27 heavy (non-hydrogen) atoms. The Morgan fingerprint density at radius 1 is 0.667 bits per heavy atom. The van der Waals surface area contributed by atoms with Crippen molar-refractivity contribution in [2.75, 3.05) is 0 Å². The Morgan fingerprint density at radius 3 is 1.74 bits per heavy atom. The van der Waals surface area contributed by atoms with Crippen LogP contribution in [0.15, 0.2) is 24.3 Å². The number of hydrogen-bond donors (Lipinski definition) is 0. The molecule has 146 valence electrons. The van der Waals surface area contributed by atoms with Gasteiger partial charge in [-0.3, -0.25) is 0 Å². The zero-order valence-corrected chi connectivity index (χ0v) is 17.0. The maximum absolute atomic E-state index is 8.98. The maximum Gasteiger partial charge on any atom is 0.0991 e. The van der Waals surface area contributed by atoms with Crippen LogP contribution in [0.1, 0.15) is 107 Å². The van der Waals surface area contributed by atoms with Gasteiger partial charge in [-0.05, 0) is 85.8 Å². The Balaban J connectivity index is 1.18. The van der Waals surface area contributed by atoms with E-state index in [2.05, 4.69) is 18.2 Å². The van der Waals surface area contributed by atoms with Crippen molar-refractivity contribution in [2.24, 2.45) is 23.7 Å². The van der Waals surface area contributed by atoms with E-state index < -0.39 is 0 Å². The van der Waals surface area contributed by atoms with Crippen LogP contribution < -0.4 is 0 Å². The third-order valence-electron chi connectivity index (χ3n) is 8.30. The van der Waals surface area contributed by atoms with E-state index in [0.717, 1.165) is 35.2 Å². The molecule has 0 radical (unpaired) electrons. The molecule has 3 aliphatic carbocycles. The van der Waals surface area contributed by atoms with E-state index in [1.54, 1.807) is 0 Å². The van der Waals surface area contributed by atoms with Crippen LogP contribution in [-0.4, -0.2) is 0 Å². The van der Waals surface area contributed by atoms with Gasteiger partial charge in [0.15, 0.2) is 0 Å². The lowest BCUT2D eigenvalue weighted by Gasteiger charge is -2.38. The molecule has 0 spiro atoms. The highest BCUT2D eigenvalue weighted by Gasteiger charge is 2.31. The Bertz CT molecular complexity index is 603. The fourth-order valence-corrected chi connectivity index (χ4v) is 6.47. The average Bonchev–Trinajstić information content (AvgIpc) is 3.27. The zero-order valence-electron chi connectivity index (χ0n) is 17.0. The van der Waals surface area contributed by atoms with E-state index in [4.69, 9.17) is 5.26 Å². The molecular weight excluding hydrogens is 326 g/mol. The minimum Gasteiger partial charge on any atom is -0.192 e. The molecule has 1 aromatic carbocycles. The van der Waals surface area contributed by atoms with E-state index in [1.165, 1.54) is 95.5 Å². The fourth-order valence-electron chi connectivity index (χ4n) is 6.47. The molecule has 3 fully saturated rings. The van der Waals surface area contributed by atoms with Gasteiger partial charge >= 0.3 is 0 Å². The summed E-state index contributed by atoms with van der Waals surface area (Å²) in [6, 6.07) is 10.6. The molecule has 0 heterocycles. The summed E-state index contributed by atoms with van der Waals surface area (Å²) in [6.07, 6.45) is 20.8. The van der Waals surface area contributed by atoms with Gasteiger partial charge in [-0.15, -0.1) is 0 Å². The number of hydrogen-bond acceptors (Lipinski definition) is 1. The van der Waals surface area contributed by atoms with Gasteiger partial charge in [0.2, 0.25) is 0 Å². The molecule has 0 bridgehead atoms. The number of nitriles is 1. The summed E-state index contributed by atoms with van der Waals surface area (Å²) in [6.45, 7) is 0. The van der Waals surface area contributed by atoms with E-state index in [1.807, 2.05) is 12.1 Å². The molecule has 4 rings (SSSR count). The summed E-state index contributed by atoms with van der Waals surface area (Å²) >= 11 is 0. The van der Waals surface area contributed by atoms with Crippen molar-refractivity contribution in [2.45, 2.75) is 95.8 Å². The van der Waals surface area contributed by atoms with Crippen molar-refractivity contribution in [1.82, 2.24) is 0 Å². The predicted octanol–water partition coefficient (Wildman–Crippen LogP) is 7.61. The molecule has 3 aliphatic rings. The van der Waals surface area contributed by atoms with Gasteiger partial charge in [-0.25, -0.2) is 0 Å². The SMILES string of the molecule is N#Cc1ccc([C@H]2CC[C@H]([C@H]3CC[C@H](CCC4CCCC4)CC3)CC2)cc1. The van der Waals surface area contributed by atoms with Crippen LogP contribution in [0.4, 0.5) is 0 Å². The first-order valence-electron chi connectivity index (χ1n) is 11.8. The van der Waals surface area contributed by atoms with Gasteiger partial charge in [-0.1, -0.05) is 63.5 Å². The maximum atomic E-state index is 8.98. The second-order valence-corrected chi connectivity index (χ2v) is 9.85. The summed E-state index contributed by atoms with van der Waals surface area (Å²) in [5.41, 5.74) is 2.25. The second kappa shape index (κ2) is 9.27. The van der Waals surface area contributed by atoms with E-state index in [0.29, 0.717) is 0 Å². The molecular formula is C26H37N. The van der Waals surface area contributed by atoms with Crippen LogP contribution in [0.25, 0.3) is 0 Å². The molecule has 1 nitrogen and oxygen atoms in total. The second-order valence-electron chi connectivity index (χ2n) is 9.85. The lowest BCUT2D eigenvalue weighted by molar-refractivity contribution is 0.153. The highest BCUT2D eigenvalue weighted by atomic mass is 14.4. The summed E-state index contributed by atoms with van der Waals surface area (Å²) in [5.74, 6) is 4.89. The van der Waals surface area contributed by atoms with Crippen LogP contribution in [0.5, 0.6) is 0 Å². The molecule has 3 saturated carbocycles. The van der Waals surface area contributed by atoms with Gasteiger partial charge < -0.3 is 0 Å². The van der Waals surface area contributed by atoms with Crippen LogP contribution in [0, 0.1) is 35.0 Å². The molecule has 0 aliphatic heterocycles. The fraction of sp³-hybridized carbons (Fsp3) is 0.731.